The molecule has 120 valence electrons. The normalized spacial score (nSPS) is 11.8. The molecule has 6 nitrogen and oxygen atoms in total. The fourth-order valence-electron chi connectivity index (χ4n) is 2.26. The second-order valence-electron chi connectivity index (χ2n) is 5.37. The van der Waals surface area contributed by atoms with Crippen LogP contribution in [0.1, 0.15) is 24.2 Å². The van der Waals surface area contributed by atoms with Crippen molar-refractivity contribution in [2.75, 3.05) is 5.32 Å². The highest BCUT2D eigenvalue weighted by Crippen LogP contribution is 2.17. The van der Waals surface area contributed by atoms with Crippen LogP contribution in [0.15, 0.2) is 54.7 Å². The highest BCUT2D eigenvalue weighted by molar-refractivity contribution is 5.94. The van der Waals surface area contributed by atoms with Gasteiger partial charge in [0, 0.05) is 6.20 Å². The van der Waals surface area contributed by atoms with Crippen LogP contribution in [0, 0.1) is 6.92 Å². The number of amides is 1. The minimum atomic E-state index is -0.304. The van der Waals surface area contributed by atoms with E-state index in [-0.39, 0.29) is 17.8 Å². The van der Waals surface area contributed by atoms with E-state index >= 15 is 0 Å². The number of aryl methyl sites for hydroxylation is 1. The molecule has 0 bridgehead atoms. The molecule has 0 saturated heterocycles. The lowest BCUT2D eigenvalue weighted by Crippen LogP contribution is -2.21. The topological polar surface area (TPSA) is 80.7 Å². The van der Waals surface area contributed by atoms with Crippen LogP contribution in [-0.4, -0.2) is 25.8 Å². The molecule has 0 spiro atoms. The molecule has 24 heavy (non-hydrogen) atoms. The highest BCUT2D eigenvalue weighted by atomic mass is 16.2. The number of rotatable bonds is 4. The third-order valence-corrected chi connectivity index (χ3v) is 3.57. The SMILES string of the molecule is Cc1nc(NC(=O)C(C)c2ccccc2)nc(-c2ccccn2)n1. The van der Waals surface area contributed by atoms with Gasteiger partial charge >= 0.3 is 0 Å². The third kappa shape index (κ3) is 3.60. The van der Waals surface area contributed by atoms with E-state index in [2.05, 4.69) is 25.3 Å². The number of hydrogen-bond acceptors (Lipinski definition) is 5. The molecular weight excluding hydrogens is 302 g/mol. The van der Waals surface area contributed by atoms with Crippen molar-refractivity contribution in [3.05, 3.63) is 66.1 Å². The quantitative estimate of drug-likeness (QED) is 0.799. The zero-order valence-corrected chi connectivity index (χ0v) is 13.5. The molecule has 2 heterocycles. The van der Waals surface area contributed by atoms with Crippen LogP contribution < -0.4 is 5.32 Å². The number of carbonyl (C=O) groups is 1. The van der Waals surface area contributed by atoms with Crippen molar-refractivity contribution in [3.63, 3.8) is 0 Å². The summed E-state index contributed by atoms with van der Waals surface area (Å²) in [7, 11) is 0. The monoisotopic (exact) mass is 319 g/mol. The van der Waals surface area contributed by atoms with E-state index in [0.717, 1.165) is 5.56 Å². The van der Waals surface area contributed by atoms with Gasteiger partial charge in [-0.05, 0) is 31.5 Å². The first-order valence-corrected chi connectivity index (χ1v) is 7.63. The number of carbonyl (C=O) groups excluding carboxylic acids is 1. The lowest BCUT2D eigenvalue weighted by Gasteiger charge is -2.12. The van der Waals surface area contributed by atoms with Crippen molar-refractivity contribution in [1.82, 2.24) is 19.9 Å². The molecule has 1 N–H and O–H groups in total. The Kier molecular flexibility index (Phi) is 4.56. The fourth-order valence-corrected chi connectivity index (χ4v) is 2.26. The summed E-state index contributed by atoms with van der Waals surface area (Å²) >= 11 is 0. The van der Waals surface area contributed by atoms with E-state index in [1.54, 1.807) is 13.1 Å². The molecule has 0 radical (unpaired) electrons. The lowest BCUT2D eigenvalue weighted by molar-refractivity contribution is -0.117. The van der Waals surface area contributed by atoms with E-state index < -0.39 is 0 Å². The molecule has 1 unspecified atom stereocenters. The molecular formula is C18H17N5O. The number of pyridine rings is 1. The van der Waals surface area contributed by atoms with Crippen molar-refractivity contribution < 1.29 is 4.79 Å². The minimum absolute atomic E-state index is 0.168. The van der Waals surface area contributed by atoms with Crippen molar-refractivity contribution in [2.24, 2.45) is 0 Å². The van der Waals surface area contributed by atoms with Gasteiger partial charge < -0.3 is 0 Å². The smallest absolute Gasteiger partial charge is 0.233 e. The molecule has 1 amide bonds. The van der Waals surface area contributed by atoms with Gasteiger partial charge in [-0.15, -0.1) is 0 Å². The predicted molar refractivity (Wildman–Crippen MR) is 91.3 cm³/mol. The first-order valence-electron chi connectivity index (χ1n) is 7.63. The van der Waals surface area contributed by atoms with Gasteiger partial charge in [0.2, 0.25) is 11.9 Å². The average molecular weight is 319 g/mol. The zero-order chi connectivity index (χ0) is 16.9. The van der Waals surface area contributed by atoms with Crippen molar-refractivity contribution in [3.8, 4) is 11.5 Å². The fraction of sp³-hybridized carbons (Fsp3) is 0.167. The van der Waals surface area contributed by atoms with Crippen LogP contribution in [-0.2, 0) is 4.79 Å². The molecule has 0 aliphatic carbocycles. The van der Waals surface area contributed by atoms with Gasteiger partial charge in [-0.25, -0.2) is 4.98 Å². The summed E-state index contributed by atoms with van der Waals surface area (Å²) in [6, 6.07) is 15.1. The lowest BCUT2D eigenvalue weighted by atomic mass is 10.0. The first-order chi connectivity index (χ1) is 11.6. The molecule has 2 aromatic heterocycles. The molecule has 6 heteroatoms. The largest absolute Gasteiger partial charge is 0.294 e. The summed E-state index contributed by atoms with van der Waals surface area (Å²) < 4.78 is 0. The van der Waals surface area contributed by atoms with Gasteiger partial charge in [0.1, 0.15) is 11.5 Å². The van der Waals surface area contributed by atoms with E-state index in [1.807, 2.05) is 55.5 Å². The number of nitrogens with one attached hydrogen (secondary N) is 1. The molecule has 3 rings (SSSR count). The Morgan fingerprint density at radius 2 is 1.75 bits per heavy atom. The Bertz CT molecular complexity index is 837. The second kappa shape index (κ2) is 6.95. The van der Waals surface area contributed by atoms with Gasteiger partial charge in [0.25, 0.3) is 0 Å². The Morgan fingerprint density at radius 3 is 2.46 bits per heavy atom. The molecule has 0 fully saturated rings. The first kappa shape index (κ1) is 15.7. The van der Waals surface area contributed by atoms with E-state index in [9.17, 15) is 4.79 Å². The van der Waals surface area contributed by atoms with Gasteiger partial charge in [0.15, 0.2) is 5.82 Å². The number of nitrogens with zero attached hydrogens (tertiary/aromatic N) is 4. The summed E-state index contributed by atoms with van der Waals surface area (Å²) in [5.74, 6) is 0.718. The van der Waals surface area contributed by atoms with Crippen molar-refractivity contribution in [1.29, 1.82) is 0 Å². The van der Waals surface area contributed by atoms with Gasteiger partial charge in [-0.3, -0.25) is 15.1 Å². The molecule has 1 aromatic carbocycles. The van der Waals surface area contributed by atoms with E-state index in [1.165, 1.54) is 0 Å². The highest BCUT2D eigenvalue weighted by Gasteiger charge is 2.17. The molecule has 0 saturated carbocycles. The Labute approximate surface area is 140 Å². The summed E-state index contributed by atoms with van der Waals surface area (Å²) in [4.78, 5) is 29.4. The maximum absolute atomic E-state index is 12.4. The standard InChI is InChI=1S/C18H17N5O/c1-12(14-8-4-3-5-9-14)17(24)23-18-21-13(2)20-16(22-18)15-10-6-7-11-19-15/h3-12H,1-2H3,(H,20,21,22,23,24). The third-order valence-electron chi connectivity index (χ3n) is 3.57. The summed E-state index contributed by atoms with van der Waals surface area (Å²) in [5.41, 5.74) is 1.57. The maximum atomic E-state index is 12.4. The molecule has 0 aliphatic heterocycles. The van der Waals surface area contributed by atoms with Gasteiger partial charge in [-0.1, -0.05) is 36.4 Å². The van der Waals surface area contributed by atoms with Crippen LogP contribution in [0.5, 0.6) is 0 Å². The van der Waals surface area contributed by atoms with Gasteiger partial charge in [0.05, 0.1) is 5.92 Å². The number of hydrogen-bond donors (Lipinski definition) is 1. The Morgan fingerprint density at radius 1 is 1.00 bits per heavy atom. The van der Waals surface area contributed by atoms with Gasteiger partial charge in [-0.2, -0.15) is 9.97 Å². The summed E-state index contributed by atoms with van der Waals surface area (Å²) in [6.07, 6.45) is 1.67. The minimum Gasteiger partial charge on any atom is -0.294 e. The molecule has 1 atom stereocenters. The number of benzene rings is 1. The summed E-state index contributed by atoms with van der Waals surface area (Å²) in [5, 5.41) is 2.76. The van der Waals surface area contributed by atoms with Crippen LogP contribution >= 0.6 is 0 Å². The van der Waals surface area contributed by atoms with Crippen molar-refractivity contribution >= 4 is 11.9 Å². The van der Waals surface area contributed by atoms with Crippen LogP contribution in [0.3, 0.4) is 0 Å². The van der Waals surface area contributed by atoms with E-state index in [4.69, 9.17) is 0 Å². The summed E-state index contributed by atoms with van der Waals surface area (Å²) in [6.45, 7) is 3.60. The maximum Gasteiger partial charge on any atom is 0.233 e. The van der Waals surface area contributed by atoms with Crippen LogP contribution in [0.25, 0.3) is 11.5 Å². The zero-order valence-electron chi connectivity index (χ0n) is 13.5. The average Bonchev–Trinajstić information content (AvgIpc) is 2.62. The van der Waals surface area contributed by atoms with E-state index in [0.29, 0.717) is 17.3 Å². The van der Waals surface area contributed by atoms with Crippen molar-refractivity contribution in [2.45, 2.75) is 19.8 Å². The predicted octanol–water partition coefficient (Wildman–Crippen LogP) is 2.98. The van der Waals surface area contributed by atoms with Crippen LogP contribution in [0.4, 0.5) is 5.95 Å². The number of anilines is 1. The molecule has 0 aliphatic rings. The molecule has 3 aromatic rings. The van der Waals surface area contributed by atoms with Crippen LogP contribution in [0.2, 0.25) is 0 Å². The number of aromatic nitrogens is 4. The Balaban J connectivity index is 1.83. The Hall–Kier alpha value is -3.15. The second-order valence-corrected chi connectivity index (χ2v) is 5.37.